The summed E-state index contributed by atoms with van der Waals surface area (Å²) in [6, 6.07) is 7.92. The number of hydrogen-bond acceptors (Lipinski definition) is 3. The summed E-state index contributed by atoms with van der Waals surface area (Å²) in [5.74, 6) is 1.99. The van der Waals surface area contributed by atoms with Gasteiger partial charge in [-0.05, 0) is 56.3 Å². The molecule has 0 bridgehead atoms. The Morgan fingerprint density at radius 3 is 2.46 bits per heavy atom. The van der Waals surface area contributed by atoms with Crippen LogP contribution < -0.4 is 10.5 Å². The summed E-state index contributed by atoms with van der Waals surface area (Å²) in [7, 11) is 0. The molecule has 1 aliphatic heterocycles. The van der Waals surface area contributed by atoms with Gasteiger partial charge in [-0.15, -0.1) is 12.4 Å². The number of nitrogens with zero attached hydrogens (tertiary/aromatic N) is 1. The molecule has 1 atom stereocenters. The van der Waals surface area contributed by atoms with Gasteiger partial charge in [-0.3, -0.25) is 4.79 Å². The van der Waals surface area contributed by atoms with Crippen molar-refractivity contribution < 1.29 is 9.53 Å². The molecule has 0 saturated carbocycles. The van der Waals surface area contributed by atoms with E-state index in [4.69, 9.17) is 10.5 Å². The minimum Gasteiger partial charge on any atom is -0.493 e. The lowest BCUT2D eigenvalue weighted by molar-refractivity contribution is -0.135. The molecule has 1 aromatic rings. The van der Waals surface area contributed by atoms with Gasteiger partial charge in [-0.25, -0.2) is 0 Å². The minimum atomic E-state index is -0.528. The van der Waals surface area contributed by atoms with E-state index in [1.54, 1.807) is 0 Å². The normalized spacial score (nSPS) is 17.8. The topological polar surface area (TPSA) is 55.6 Å². The first-order valence-corrected chi connectivity index (χ1v) is 8.57. The molecule has 4 nitrogen and oxygen atoms in total. The van der Waals surface area contributed by atoms with Crippen LogP contribution in [0.25, 0.3) is 0 Å². The number of hydrogen-bond donors (Lipinski definition) is 1. The van der Waals surface area contributed by atoms with Gasteiger partial charge < -0.3 is 15.4 Å². The van der Waals surface area contributed by atoms with E-state index in [0.717, 1.165) is 30.8 Å². The van der Waals surface area contributed by atoms with Crippen LogP contribution in [0.1, 0.15) is 39.7 Å². The molecule has 2 N–H and O–H groups in total. The molecule has 5 heteroatoms. The highest BCUT2D eigenvalue weighted by molar-refractivity contribution is 5.87. The molecule has 0 radical (unpaired) electrons. The van der Waals surface area contributed by atoms with Crippen molar-refractivity contribution in [3.05, 3.63) is 29.8 Å². The van der Waals surface area contributed by atoms with Crippen LogP contribution in [0.5, 0.6) is 5.75 Å². The predicted octanol–water partition coefficient (Wildman–Crippen LogP) is 3.23. The highest BCUT2D eigenvalue weighted by Gasteiger charge is 2.36. The van der Waals surface area contributed by atoms with E-state index in [2.05, 4.69) is 13.8 Å². The Bertz CT molecular complexity index is 529. The van der Waals surface area contributed by atoms with E-state index in [1.807, 2.05) is 43.0 Å². The average Bonchev–Trinajstić information content (AvgIpc) is 3.01. The number of carbonyl (C=O) groups excluding carboxylic acids is 1. The highest BCUT2D eigenvalue weighted by Crippen LogP contribution is 2.30. The summed E-state index contributed by atoms with van der Waals surface area (Å²) < 4.78 is 5.71. The number of nitrogens with two attached hydrogens (primary N) is 1. The van der Waals surface area contributed by atoms with Gasteiger partial charge in [0.2, 0.25) is 5.91 Å². The molecule has 136 valence electrons. The van der Waals surface area contributed by atoms with E-state index in [-0.39, 0.29) is 18.3 Å². The molecule has 1 fully saturated rings. The molecule has 1 aromatic carbocycles. The van der Waals surface area contributed by atoms with Crippen LogP contribution in [0.3, 0.4) is 0 Å². The van der Waals surface area contributed by atoms with Crippen molar-refractivity contribution in [2.75, 3.05) is 26.2 Å². The van der Waals surface area contributed by atoms with Gasteiger partial charge in [0.05, 0.1) is 12.0 Å². The van der Waals surface area contributed by atoms with Crippen molar-refractivity contribution in [1.29, 1.82) is 0 Å². The van der Waals surface area contributed by atoms with Crippen molar-refractivity contribution in [3.8, 4) is 5.75 Å². The Morgan fingerprint density at radius 2 is 1.96 bits per heavy atom. The minimum absolute atomic E-state index is 0. The molecule has 0 aliphatic carbocycles. The van der Waals surface area contributed by atoms with Crippen molar-refractivity contribution in [3.63, 3.8) is 0 Å². The summed E-state index contributed by atoms with van der Waals surface area (Å²) >= 11 is 0. The molecule has 0 spiro atoms. The van der Waals surface area contributed by atoms with Crippen LogP contribution in [0.2, 0.25) is 0 Å². The van der Waals surface area contributed by atoms with E-state index < -0.39 is 5.41 Å². The Balaban J connectivity index is 0.00000288. The van der Waals surface area contributed by atoms with Gasteiger partial charge in [-0.1, -0.05) is 26.0 Å². The first kappa shape index (κ1) is 20.8. The molecular weight excluding hydrogens is 324 g/mol. The maximum atomic E-state index is 12.9. The Morgan fingerprint density at radius 1 is 1.33 bits per heavy atom. The smallest absolute Gasteiger partial charge is 0.232 e. The maximum absolute atomic E-state index is 12.9. The lowest BCUT2D eigenvalue weighted by Gasteiger charge is -2.30. The van der Waals surface area contributed by atoms with Crippen LogP contribution in [0, 0.1) is 11.8 Å². The average molecular weight is 355 g/mol. The first-order chi connectivity index (χ1) is 10.8. The number of rotatable bonds is 6. The number of carbonyl (C=O) groups is 1. The number of benzene rings is 1. The maximum Gasteiger partial charge on any atom is 0.232 e. The Labute approximate surface area is 152 Å². The van der Waals surface area contributed by atoms with E-state index >= 15 is 0 Å². The molecule has 1 aliphatic rings. The molecule has 24 heavy (non-hydrogen) atoms. The summed E-state index contributed by atoms with van der Waals surface area (Å²) in [6.07, 6.45) is 1.01. The summed E-state index contributed by atoms with van der Waals surface area (Å²) in [5.41, 5.74) is 6.23. The van der Waals surface area contributed by atoms with Gasteiger partial charge in [0, 0.05) is 13.1 Å². The van der Waals surface area contributed by atoms with Crippen LogP contribution in [0.15, 0.2) is 24.3 Å². The van der Waals surface area contributed by atoms with Crippen molar-refractivity contribution >= 4 is 18.3 Å². The van der Waals surface area contributed by atoms with Gasteiger partial charge in [-0.2, -0.15) is 0 Å². The van der Waals surface area contributed by atoms with E-state index in [9.17, 15) is 4.79 Å². The fourth-order valence-corrected chi connectivity index (χ4v) is 2.96. The molecule has 0 aromatic heterocycles. The third-order valence-corrected chi connectivity index (χ3v) is 4.60. The van der Waals surface area contributed by atoms with Crippen LogP contribution >= 0.6 is 12.4 Å². The summed E-state index contributed by atoms with van der Waals surface area (Å²) in [5, 5.41) is 0. The SMILES string of the molecule is CC(C)COc1ccc(C(C)(C)C(=O)N2CCC(CN)C2)cc1.Cl. The van der Waals surface area contributed by atoms with Gasteiger partial charge in [0.1, 0.15) is 5.75 Å². The van der Waals surface area contributed by atoms with Crippen LogP contribution in [-0.4, -0.2) is 37.0 Å². The summed E-state index contributed by atoms with van der Waals surface area (Å²) in [4.78, 5) is 14.8. The molecule has 1 saturated heterocycles. The molecular formula is C19H31ClN2O2. The number of ether oxygens (including phenoxy) is 1. The van der Waals surface area contributed by atoms with Crippen LogP contribution in [-0.2, 0) is 10.2 Å². The van der Waals surface area contributed by atoms with Gasteiger partial charge in [0.15, 0.2) is 0 Å². The number of likely N-dealkylation sites (tertiary alicyclic amines) is 1. The Kier molecular flexibility index (Phi) is 7.56. The van der Waals surface area contributed by atoms with Gasteiger partial charge >= 0.3 is 0 Å². The lowest BCUT2D eigenvalue weighted by Crippen LogP contribution is -2.42. The van der Waals surface area contributed by atoms with Crippen LogP contribution in [0.4, 0.5) is 0 Å². The standard InChI is InChI=1S/C19H30N2O2.ClH/c1-14(2)13-23-17-7-5-16(6-8-17)19(3,4)18(22)21-10-9-15(11-20)12-21;/h5-8,14-15H,9-13,20H2,1-4H3;1H. The monoisotopic (exact) mass is 354 g/mol. The zero-order valence-electron chi connectivity index (χ0n) is 15.2. The largest absolute Gasteiger partial charge is 0.493 e. The second-order valence-corrected chi connectivity index (χ2v) is 7.50. The lowest BCUT2D eigenvalue weighted by atomic mass is 9.83. The van der Waals surface area contributed by atoms with Gasteiger partial charge in [0.25, 0.3) is 0 Å². The number of amides is 1. The van der Waals surface area contributed by atoms with E-state index in [1.165, 1.54) is 0 Å². The third kappa shape index (κ3) is 4.87. The fraction of sp³-hybridized carbons (Fsp3) is 0.632. The summed E-state index contributed by atoms with van der Waals surface area (Å²) in [6.45, 7) is 11.2. The predicted molar refractivity (Wildman–Crippen MR) is 101 cm³/mol. The second kappa shape index (κ2) is 8.72. The molecule has 1 heterocycles. The fourth-order valence-electron chi connectivity index (χ4n) is 2.96. The number of halogens is 1. The van der Waals surface area contributed by atoms with Crippen molar-refractivity contribution in [1.82, 2.24) is 4.90 Å². The first-order valence-electron chi connectivity index (χ1n) is 8.57. The zero-order valence-corrected chi connectivity index (χ0v) is 16.1. The molecule has 2 rings (SSSR count). The van der Waals surface area contributed by atoms with E-state index in [0.29, 0.717) is 25.0 Å². The second-order valence-electron chi connectivity index (χ2n) is 7.50. The molecule has 1 amide bonds. The highest BCUT2D eigenvalue weighted by atomic mass is 35.5. The zero-order chi connectivity index (χ0) is 17.0. The third-order valence-electron chi connectivity index (χ3n) is 4.60. The molecule has 1 unspecified atom stereocenters. The Hall–Kier alpha value is -1.26. The van der Waals surface area contributed by atoms with Crippen molar-refractivity contribution in [2.24, 2.45) is 17.6 Å². The quantitative estimate of drug-likeness (QED) is 0.853. The van der Waals surface area contributed by atoms with Crippen molar-refractivity contribution in [2.45, 2.75) is 39.5 Å².